The fourth-order valence-corrected chi connectivity index (χ4v) is 6.52. The highest BCUT2D eigenvalue weighted by atomic mass is 16.5. The number of aromatic nitrogens is 2. The zero-order valence-corrected chi connectivity index (χ0v) is 23.6. The highest BCUT2D eigenvalue weighted by molar-refractivity contribution is 5.86. The summed E-state index contributed by atoms with van der Waals surface area (Å²) in [5.74, 6) is 1.66. The number of ether oxygens (including phenoxy) is 1. The zero-order chi connectivity index (χ0) is 27.9. The maximum atomic E-state index is 9.92. The fraction of sp³-hybridized carbons (Fsp3) is 0.375. The lowest BCUT2D eigenvalue weighted by atomic mass is 9.86. The van der Waals surface area contributed by atoms with Crippen LogP contribution in [0.3, 0.4) is 0 Å². The van der Waals surface area contributed by atoms with Crippen molar-refractivity contribution in [3.05, 3.63) is 88.6 Å². The standard InChI is InChI=1S/C32H34N8O/c1-37-11-8-23(9-12-37)26-13-29(32-24(15-33)7-10-36-40(32)19-26)25-4-5-30(34-17-25)38-20-27-14-28(21-38)39(27)18-22-3-6-31(41-2)35-16-22/h3-6,8,10,13,16-17,19,27-28H,7,9,11-12,14,18,20-21H2,1-2H3. The Bertz CT molecular complexity index is 1520. The minimum absolute atomic E-state index is 0.519. The van der Waals surface area contributed by atoms with Gasteiger partial charge in [-0.25, -0.2) is 15.0 Å². The molecule has 0 aromatic carbocycles. The molecule has 2 aromatic heterocycles. The Morgan fingerprint density at radius 2 is 1.98 bits per heavy atom. The zero-order valence-electron chi connectivity index (χ0n) is 23.6. The molecule has 0 spiro atoms. The van der Waals surface area contributed by atoms with E-state index >= 15 is 0 Å². The number of hydrazone groups is 1. The summed E-state index contributed by atoms with van der Waals surface area (Å²) in [6.45, 7) is 4.82. The summed E-state index contributed by atoms with van der Waals surface area (Å²) in [4.78, 5) is 16.6. The SMILES string of the molecule is COc1ccc(CN2C3CC2CN(c2ccc(C4=CC(C5=CCN(C)CC5)=CN5N=CCC(C#N)=C45)cn2)C3)cn1. The Kier molecular flexibility index (Phi) is 6.65. The van der Waals surface area contributed by atoms with Crippen LogP contribution in [0.2, 0.25) is 0 Å². The van der Waals surface area contributed by atoms with E-state index in [0.29, 0.717) is 24.4 Å². The maximum absolute atomic E-state index is 9.92. The van der Waals surface area contributed by atoms with Gasteiger partial charge >= 0.3 is 0 Å². The number of likely N-dealkylation sites (N-methyl/N-ethyl adjacent to an activating group) is 1. The number of nitriles is 1. The van der Waals surface area contributed by atoms with Crippen LogP contribution in [0.5, 0.6) is 5.88 Å². The number of methoxy groups -OCH3 is 1. The normalized spacial score (nSPS) is 24.2. The monoisotopic (exact) mass is 546 g/mol. The predicted octanol–water partition coefficient (Wildman–Crippen LogP) is 3.96. The second-order valence-corrected chi connectivity index (χ2v) is 11.4. The molecule has 6 aliphatic rings. The summed E-state index contributed by atoms with van der Waals surface area (Å²) in [5.41, 5.74) is 7.31. The summed E-state index contributed by atoms with van der Waals surface area (Å²) >= 11 is 0. The van der Waals surface area contributed by atoms with Gasteiger partial charge in [-0.05, 0) is 54.8 Å². The highest BCUT2D eigenvalue weighted by Gasteiger charge is 2.44. The number of fused-ring (bicyclic) bond motifs is 3. The molecule has 3 fully saturated rings. The average molecular weight is 547 g/mol. The van der Waals surface area contributed by atoms with Gasteiger partial charge in [0, 0.05) is 93.2 Å². The van der Waals surface area contributed by atoms with Crippen LogP contribution in [0.1, 0.15) is 30.4 Å². The largest absolute Gasteiger partial charge is 0.481 e. The molecule has 0 radical (unpaired) electrons. The van der Waals surface area contributed by atoms with Crippen molar-refractivity contribution in [1.29, 1.82) is 5.26 Å². The number of piperidine rings is 1. The van der Waals surface area contributed by atoms with E-state index in [0.717, 1.165) is 72.9 Å². The Morgan fingerprint density at radius 3 is 2.66 bits per heavy atom. The molecular weight excluding hydrogens is 512 g/mol. The molecule has 8 rings (SSSR count). The lowest BCUT2D eigenvalue weighted by molar-refractivity contribution is -0.00877. The third kappa shape index (κ3) is 4.83. The van der Waals surface area contributed by atoms with Crippen LogP contribution in [0.25, 0.3) is 5.57 Å². The lowest BCUT2D eigenvalue weighted by Crippen LogP contribution is -2.68. The maximum Gasteiger partial charge on any atom is 0.212 e. The van der Waals surface area contributed by atoms with E-state index in [4.69, 9.17) is 9.72 Å². The van der Waals surface area contributed by atoms with Gasteiger partial charge in [0.15, 0.2) is 0 Å². The van der Waals surface area contributed by atoms with Crippen LogP contribution in [-0.2, 0) is 6.54 Å². The number of hydrogen-bond acceptors (Lipinski definition) is 9. The van der Waals surface area contributed by atoms with Crippen LogP contribution >= 0.6 is 0 Å². The second kappa shape index (κ2) is 10.6. The van der Waals surface area contributed by atoms with Gasteiger partial charge in [-0.3, -0.25) is 4.90 Å². The summed E-state index contributed by atoms with van der Waals surface area (Å²) in [5, 5.41) is 16.4. The van der Waals surface area contributed by atoms with E-state index < -0.39 is 0 Å². The molecule has 9 heteroatoms. The molecule has 0 aliphatic carbocycles. The Morgan fingerprint density at radius 1 is 1.10 bits per heavy atom. The quantitative estimate of drug-likeness (QED) is 0.539. The smallest absolute Gasteiger partial charge is 0.212 e. The molecule has 2 unspecified atom stereocenters. The molecule has 9 nitrogen and oxygen atoms in total. The van der Waals surface area contributed by atoms with Crippen LogP contribution < -0.4 is 9.64 Å². The first-order valence-electron chi connectivity index (χ1n) is 14.3. The molecular formula is C32H34N8O. The van der Waals surface area contributed by atoms with Crippen LogP contribution in [0, 0.1) is 11.3 Å². The van der Waals surface area contributed by atoms with Crippen LogP contribution in [0.15, 0.2) is 82.5 Å². The van der Waals surface area contributed by atoms with Crippen LogP contribution in [0.4, 0.5) is 5.82 Å². The first-order valence-corrected chi connectivity index (χ1v) is 14.3. The number of hydrogen-bond donors (Lipinski definition) is 0. The minimum Gasteiger partial charge on any atom is -0.481 e. The van der Waals surface area contributed by atoms with Crippen molar-refractivity contribution in [2.24, 2.45) is 5.10 Å². The lowest BCUT2D eigenvalue weighted by Gasteiger charge is -2.56. The molecule has 0 saturated carbocycles. The number of allylic oxidation sites excluding steroid dienone is 4. The minimum atomic E-state index is 0.519. The second-order valence-electron chi connectivity index (χ2n) is 11.4. The van der Waals surface area contributed by atoms with E-state index in [1.807, 2.05) is 29.7 Å². The first kappa shape index (κ1) is 25.7. The molecule has 3 saturated heterocycles. The third-order valence-electron chi connectivity index (χ3n) is 8.85. The van der Waals surface area contributed by atoms with Crippen molar-refractivity contribution in [3.8, 4) is 11.9 Å². The van der Waals surface area contributed by atoms with Gasteiger partial charge in [0.25, 0.3) is 0 Å². The molecule has 8 heterocycles. The molecule has 0 N–H and O–H groups in total. The van der Waals surface area contributed by atoms with E-state index in [-0.39, 0.29) is 0 Å². The molecule has 6 aliphatic heterocycles. The molecule has 0 amide bonds. The number of rotatable bonds is 6. The van der Waals surface area contributed by atoms with Crippen molar-refractivity contribution in [2.75, 3.05) is 45.2 Å². The summed E-state index contributed by atoms with van der Waals surface area (Å²) < 4.78 is 5.20. The Hall–Kier alpha value is -4.26. The predicted molar refractivity (Wildman–Crippen MR) is 159 cm³/mol. The van der Waals surface area contributed by atoms with Gasteiger partial charge < -0.3 is 14.5 Å². The number of pyridine rings is 2. The van der Waals surface area contributed by atoms with Gasteiger partial charge in [0.05, 0.1) is 24.4 Å². The fourth-order valence-electron chi connectivity index (χ4n) is 6.52. The van der Waals surface area contributed by atoms with Gasteiger partial charge in [-0.1, -0.05) is 12.1 Å². The van der Waals surface area contributed by atoms with Crippen molar-refractivity contribution < 1.29 is 4.74 Å². The third-order valence-corrected chi connectivity index (χ3v) is 8.85. The molecule has 41 heavy (non-hydrogen) atoms. The average Bonchev–Trinajstić information content (AvgIpc) is 3.03. The van der Waals surface area contributed by atoms with Gasteiger partial charge in [-0.2, -0.15) is 10.4 Å². The van der Waals surface area contributed by atoms with E-state index in [1.54, 1.807) is 7.11 Å². The van der Waals surface area contributed by atoms with Gasteiger partial charge in [-0.15, -0.1) is 0 Å². The summed E-state index contributed by atoms with van der Waals surface area (Å²) in [7, 11) is 3.79. The first-order chi connectivity index (χ1) is 20.1. The van der Waals surface area contributed by atoms with Crippen molar-refractivity contribution >= 4 is 17.6 Å². The number of nitrogens with zero attached hydrogens (tertiary/aromatic N) is 8. The number of anilines is 1. The number of piperazine rings is 1. The van der Waals surface area contributed by atoms with Crippen molar-refractivity contribution in [2.45, 2.75) is 37.9 Å². The summed E-state index contributed by atoms with van der Waals surface area (Å²) in [6, 6.07) is 11.8. The van der Waals surface area contributed by atoms with Crippen molar-refractivity contribution in [1.82, 2.24) is 24.8 Å². The Labute approximate surface area is 241 Å². The van der Waals surface area contributed by atoms with E-state index in [9.17, 15) is 5.26 Å². The van der Waals surface area contributed by atoms with E-state index in [2.05, 4.69) is 74.5 Å². The van der Waals surface area contributed by atoms with Gasteiger partial charge in [0.2, 0.25) is 5.88 Å². The van der Waals surface area contributed by atoms with E-state index in [1.165, 1.54) is 17.6 Å². The summed E-state index contributed by atoms with van der Waals surface area (Å²) in [6.07, 6.45) is 15.1. The highest BCUT2D eigenvalue weighted by Crippen LogP contribution is 2.40. The molecule has 2 atom stereocenters. The molecule has 2 aromatic rings. The Balaban J connectivity index is 1.10. The van der Waals surface area contributed by atoms with Crippen molar-refractivity contribution in [3.63, 3.8) is 0 Å². The van der Waals surface area contributed by atoms with Crippen LogP contribution in [-0.4, -0.2) is 83.4 Å². The topological polar surface area (TPSA) is 84.1 Å². The molecule has 2 bridgehead atoms. The molecule has 208 valence electrons. The van der Waals surface area contributed by atoms with Gasteiger partial charge in [0.1, 0.15) is 5.82 Å².